The molecule has 0 radical (unpaired) electrons. The van der Waals surface area contributed by atoms with Crippen LogP contribution < -0.4 is 0 Å². The quantitative estimate of drug-likeness (QED) is 0.709. The van der Waals surface area contributed by atoms with E-state index >= 15 is 0 Å². The van der Waals surface area contributed by atoms with Gasteiger partial charge in [0.1, 0.15) is 6.04 Å². The van der Waals surface area contributed by atoms with E-state index in [1.54, 1.807) is 0 Å². The summed E-state index contributed by atoms with van der Waals surface area (Å²) in [7, 11) is 0. The fourth-order valence-electron chi connectivity index (χ4n) is 3.47. The van der Waals surface area contributed by atoms with Crippen molar-refractivity contribution >= 4 is 5.91 Å². The van der Waals surface area contributed by atoms with Crippen molar-refractivity contribution in [1.82, 2.24) is 15.0 Å². The van der Waals surface area contributed by atoms with E-state index in [-0.39, 0.29) is 11.9 Å². The van der Waals surface area contributed by atoms with E-state index in [4.69, 9.17) is 4.52 Å². The zero-order chi connectivity index (χ0) is 18.1. The second-order valence-electron chi connectivity index (χ2n) is 6.83. The van der Waals surface area contributed by atoms with Crippen LogP contribution in [-0.2, 0) is 11.3 Å². The Morgan fingerprint density at radius 3 is 2.73 bits per heavy atom. The SMILES string of the molecule is Cc1ccc(CN2C(=O)CCC2c2nc(-c3ccccc3)no2)c(C)c1. The average molecular weight is 347 g/mol. The first-order valence-electron chi connectivity index (χ1n) is 8.86. The predicted molar refractivity (Wildman–Crippen MR) is 98.2 cm³/mol. The largest absolute Gasteiger partial charge is 0.337 e. The van der Waals surface area contributed by atoms with Crippen molar-refractivity contribution in [2.24, 2.45) is 0 Å². The maximum atomic E-state index is 12.5. The van der Waals surface area contributed by atoms with Gasteiger partial charge in [-0.1, -0.05) is 59.3 Å². The lowest BCUT2D eigenvalue weighted by Gasteiger charge is -2.23. The Balaban J connectivity index is 1.59. The molecule has 1 atom stereocenters. The molecule has 0 spiro atoms. The van der Waals surface area contributed by atoms with Crippen LogP contribution in [0.25, 0.3) is 11.4 Å². The number of aryl methyl sites for hydroxylation is 2. The minimum Gasteiger partial charge on any atom is -0.337 e. The van der Waals surface area contributed by atoms with E-state index in [1.807, 2.05) is 35.2 Å². The van der Waals surface area contributed by atoms with Crippen LogP contribution in [0.2, 0.25) is 0 Å². The van der Waals surface area contributed by atoms with Crippen molar-refractivity contribution in [2.45, 2.75) is 39.3 Å². The summed E-state index contributed by atoms with van der Waals surface area (Å²) in [6.07, 6.45) is 1.22. The van der Waals surface area contributed by atoms with Crippen LogP contribution in [0, 0.1) is 13.8 Å². The third kappa shape index (κ3) is 3.12. The normalized spacial score (nSPS) is 17.1. The first-order chi connectivity index (χ1) is 12.6. The molecular formula is C21H21N3O2. The molecule has 4 rings (SSSR count). The number of aromatic nitrogens is 2. The van der Waals surface area contributed by atoms with Crippen molar-refractivity contribution < 1.29 is 9.32 Å². The Morgan fingerprint density at radius 1 is 1.15 bits per heavy atom. The molecule has 5 nitrogen and oxygen atoms in total. The van der Waals surface area contributed by atoms with Crippen molar-refractivity contribution in [3.63, 3.8) is 0 Å². The molecule has 0 aliphatic carbocycles. The van der Waals surface area contributed by atoms with Gasteiger partial charge < -0.3 is 9.42 Å². The van der Waals surface area contributed by atoms with Gasteiger partial charge in [-0.15, -0.1) is 0 Å². The maximum absolute atomic E-state index is 12.5. The molecule has 1 aliphatic heterocycles. The Morgan fingerprint density at radius 2 is 1.96 bits per heavy atom. The van der Waals surface area contributed by atoms with Crippen molar-refractivity contribution in [3.8, 4) is 11.4 Å². The molecule has 132 valence electrons. The molecule has 0 N–H and O–H groups in total. The zero-order valence-electron chi connectivity index (χ0n) is 15.0. The van der Waals surface area contributed by atoms with Gasteiger partial charge >= 0.3 is 0 Å². The van der Waals surface area contributed by atoms with E-state index in [9.17, 15) is 4.79 Å². The molecule has 1 aromatic heterocycles. The number of likely N-dealkylation sites (tertiary alicyclic amines) is 1. The Hall–Kier alpha value is -2.95. The van der Waals surface area contributed by atoms with E-state index in [0.29, 0.717) is 31.1 Å². The molecule has 1 saturated heterocycles. The number of hydrogen-bond donors (Lipinski definition) is 0. The number of rotatable bonds is 4. The number of nitrogens with zero attached hydrogens (tertiary/aromatic N) is 3. The van der Waals surface area contributed by atoms with Gasteiger partial charge in [0.05, 0.1) is 0 Å². The third-order valence-corrected chi connectivity index (χ3v) is 4.93. The molecule has 0 bridgehead atoms. The Bertz CT molecular complexity index is 933. The van der Waals surface area contributed by atoms with Crippen molar-refractivity contribution in [2.75, 3.05) is 0 Å². The molecular weight excluding hydrogens is 326 g/mol. The van der Waals surface area contributed by atoms with E-state index in [2.05, 4.69) is 42.2 Å². The summed E-state index contributed by atoms with van der Waals surface area (Å²) in [6, 6.07) is 15.9. The van der Waals surface area contributed by atoms with Crippen LogP contribution in [0.4, 0.5) is 0 Å². The van der Waals surface area contributed by atoms with Crippen LogP contribution >= 0.6 is 0 Å². The van der Waals surface area contributed by atoms with Crippen LogP contribution in [0.3, 0.4) is 0 Å². The number of carbonyl (C=O) groups excluding carboxylic acids is 1. The molecule has 2 heterocycles. The first-order valence-corrected chi connectivity index (χ1v) is 8.86. The molecule has 1 fully saturated rings. The molecule has 5 heteroatoms. The molecule has 3 aromatic rings. The zero-order valence-corrected chi connectivity index (χ0v) is 15.0. The summed E-state index contributed by atoms with van der Waals surface area (Å²) in [5.41, 5.74) is 4.48. The summed E-state index contributed by atoms with van der Waals surface area (Å²) in [4.78, 5) is 18.9. The highest BCUT2D eigenvalue weighted by Crippen LogP contribution is 2.34. The average Bonchev–Trinajstić information content (AvgIpc) is 3.26. The molecule has 26 heavy (non-hydrogen) atoms. The van der Waals surface area contributed by atoms with Gasteiger partial charge in [0.25, 0.3) is 0 Å². The summed E-state index contributed by atoms with van der Waals surface area (Å²) < 4.78 is 5.51. The van der Waals surface area contributed by atoms with Crippen molar-refractivity contribution in [3.05, 3.63) is 71.1 Å². The minimum atomic E-state index is -0.159. The highest BCUT2D eigenvalue weighted by atomic mass is 16.5. The standard InChI is InChI=1S/C21H21N3O2/c1-14-8-9-17(15(2)12-14)13-24-18(10-11-19(24)25)21-22-20(23-26-21)16-6-4-3-5-7-16/h3-9,12,18H,10-11,13H2,1-2H3. The smallest absolute Gasteiger partial charge is 0.249 e. The minimum absolute atomic E-state index is 0.134. The highest BCUT2D eigenvalue weighted by molar-refractivity contribution is 5.79. The number of hydrogen-bond acceptors (Lipinski definition) is 4. The monoisotopic (exact) mass is 347 g/mol. The number of amides is 1. The van der Waals surface area contributed by atoms with Gasteiger partial charge in [-0.2, -0.15) is 4.98 Å². The second-order valence-corrected chi connectivity index (χ2v) is 6.83. The lowest BCUT2D eigenvalue weighted by atomic mass is 10.0. The fourth-order valence-corrected chi connectivity index (χ4v) is 3.47. The summed E-state index contributed by atoms with van der Waals surface area (Å²) in [5.74, 6) is 1.21. The summed E-state index contributed by atoms with van der Waals surface area (Å²) in [6.45, 7) is 4.72. The van der Waals surface area contributed by atoms with Crippen LogP contribution in [0.5, 0.6) is 0 Å². The first kappa shape index (κ1) is 16.5. The third-order valence-electron chi connectivity index (χ3n) is 4.93. The maximum Gasteiger partial charge on any atom is 0.249 e. The van der Waals surface area contributed by atoms with E-state index in [0.717, 1.165) is 11.1 Å². The van der Waals surface area contributed by atoms with Gasteiger partial charge in [-0.05, 0) is 31.4 Å². The lowest BCUT2D eigenvalue weighted by molar-refractivity contribution is -0.130. The Labute approximate surface area is 152 Å². The van der Waals surface area contributed by atoms with Crippen LogP contribution in [0.1, 0.15) is 41.5 Å². The molecule has 1 amide bonds. The Kier molecular flexibility index (Phi) is 4.29. The molecule has 1 aliphatic rings. The molecule has 0 saturated carbocycles. The van der Waals surface area contributed by atoms with E-state index < -0.39 is 0 Å². The van der Waals surface area contributed by atoms with Crippen LogP contribution in [-0.4, -0.2) is 20.9 Å². The highest BCUT2D eigenvalue weighted by Gasteiger charge is 2.36. The molecule has 2 aromatic carbocycles. The van der Waals surface area contributed by atoms with Crippen LogP contribution in [0.15, 0.2) is 53.1 Å². The second kappa shape index (κ2) is 6.75. The predicted octanol–water partition coefficient (Wildman–Crippen LogP) is 4.22. The van der Waals surface area contributed by atoms with Gasteiger partial charge in [0.2, 0.25) is 17.6 Å². The van der Waals surface area contributed by atoms with E-state index in [1.165, 1.54) is 11.1 Å². The topological polar surface area (TPSA) is 59.2 Å². The van der Waals surface area contributed by atoms with Gasteiger partial charge in [0.15, 0.2) is 0 Å². The summed E-state index contributed by atoms with van der Waals surface area (Å²) in [5, 5.41) is 4.10. The molecule has 1 unspecified atom stereocenters. The van der Waals surface area contributed by atoms with Gasteiger partial charge in [-0.3, -0.25) is 4.79 Å². The van der Waals surface area contributed by atoms with Crippen molar-refractivity contribution in [1.29, 1.82) is 0 Å². The number of benzene rings is 2. The van der Waals surface area contributed by atoms with Gasteiger partial charge in [-0.25, -0.2) is 0 Å². The fraction of sp³-hybridized carbons (Fsp3) is 0.286. The number of carbonyl (C=O) groups is 1. The lowest BCUT2D eigenvalue weighted by Crippen LogP contribution is -2.27. The summed E-state index contributed by atoms with van der Waals surface area (Å²) >= 11 is 0. The van der Waals surface area contributed by atoms with Gasteiger partial charge in [0, 0.05) is 18.5 Å².